The fourth-order valence-electron chi connectivity index (χ4n) is 3.25. The van der Waals surface area contributed by atoms with Crippen LogP contribution in [0, 0.1) is 5.82 Å². The summed E-state index contributed by atoms with van der Waals surface area (Å²) in [4.78, 5) is 41.5. The van der Waals surface area contributed by atoms with Gasteiger partial charge >= 0.3 is 0 Å². The third kappa shape index (κ3) is 4.75. The Morgan fingerprint density at radius 1 is 1.22 bits per heavy atom. The first kappa shape index (κ1) is 21.4. The van der Waals surface area contributed by atoms with Gasteiger partial charge in [-0.15, -0.1) is 11.3 Å². The summed E-state index contributed by atoms with van der Waals surface area (Å²) < 4.78 is 19.8. The number of benzene rings is 2. The molecule has 0 saturated heterocycles. The van der Waals surface area contributed by atoms with Crippen LogP contribution < -0.4 is 20.3 Å². The summed E-state index contributed by atoms with van der Waals surface area (Å²) in [6.45, 7) is 1.47. The van der Waals surface area contributed by atoms with Crippen molar-refractivity contribution in [3.05, 3.63) is 53.7 Å². The highest BCUT2D eigenvalue weighted by Crippen LogP contribution is 2.32. The summed E-state index contributed by atoms with van der Waals surface area (Å²) in [6.07, 6.45) is 0.0642. The molecular weight excluding hydrogens is 435 g/mol. The summed E-state index contributed by atoms with van der Waals surface area (Å²) in [5.74, 6) is -0.763. The standard InChI is InChI=1S/C22H19FN4O4S/c1-13(28)24-14-6-7-15(16(23)10-14)17-12-32-22(25-17)26-20(29)8-9-27-18-4-2-3-5-19(18)31-11-21(27)30/h2-7,10,12H,8-9,11H2,1H3,(H,24,28)(H,25,26,29). The van der Waals surface area contributed by atoms with Gasteiger partial charge in [0.1, 0.15) is 11.6 Å². The monoisotopic (exact) mass is 454 g/mol. The Bertz CT molecular complexity index is 1200. The fourth-order valence-corrected chi connectivity index (χ4v) is 3.98. The smallest absolute Gasteiger partial charge is 0.265 e. The van der Waals surface area contributed by atoms with E-state index >= 15 is 0 Å². The minimum absolute atomic E-state index is 0.0642. The van der Waals surface area contributed by atoms with Crippen molar-refractivity contribution in [1.82, 2.24) is 4.98 Å². The summed E-state index contributed by atoms with van der Waals surface area (Å²) >= 11 is 1.17. The Labute approximate surface area is 187 Å². The van der Waals surface area contributed by atoms with Crippen LogP contribution >= 0.6 is 11.3 Å². The van der Waals surface area contributed by atoms with Crippen LogP contribution in [0.25, 0.3) is 11.3 Å². The van der Waals surface area contributed by atoms with Gasteiger partial charge in [0.15, 0.2) is 11.7 Å². The maximum absolute atomic E-state index is 14.4. The molecule has 2 N–H and O–H groups in total. The molecule has 164 valence electrons. The molecule has 2 aromatic carbocycles. The molecule has 0 aliphatic carbocycles. The Kier molecular flexibility index (Phi) is 6.13. The van der Waals surface area contributed by atoms with Crippen LogP contribution in [0.15, 0.2) is 47.8 Å². The predicted octanol–water partition coefficient (Wildman–Crippen LogP) is 3.66. The van der Waals surface area contributed by atoms with E-state index in [0.717, 1.165) is 0 Å². The van der Waals surface area contributed by atoms with E-state index in [1.54, 1.807) is 29.6 Å². The Hall–Kier alpha value is -3.79. The molecule has 0 bridgehead atoms. The molecule has 0 atom stereocenters. The number of rotatable bonds is 6. The third-order valence-corrected chi connectivity index (χ3v) is 5.44. The minimum Gasteiger partial charge on any atom is -0.482 e. The first-order valence-corrected chi connectivity index (χ1v) is 10.6. The lowest BCUT2D eigenvalue weighted by Gasteiger charge is -2.29. The largest absolute Gasteiger partial charge is 0.482 e. The maximum Gasteiger partial charge on any atom is 0.265 e. The van der Waals surface area contributed by atoms with Crippen LogP contribution in [0.1, 0.15) is 13.3 Å². The van der Waals surface area contributed by atoms with Gasteiger partial charge in [-0.25, -0.2) is 9.37 Å². The SMILES string of the molecule is CC(=O)Nc1ccc(-c2csc(NC(=O)CCN3C(=O)COc4ccccc43)n2)c(F)c1. The van der Waals surface area contributed by atoms with Gasteiger partial charge in [0.05, 0.1) is 11.4 Å². The lowest BCUT2D eigenvalue weighted by Crippen LogP contribution is -2.40. The molecule has 3 amide bonds. The van der Waals surface area contributed by atoms with E-state index < -0.39 is 5.82 Å². The number of aromatic nitrogens is 1. The number of nitrogens with zero attached hydrogens (tertiary/aromatic N) is 2. The zero-order chi connectivity index (χ0) is 22.7. The van der Waals surface area contributed by atoms with Crippen molar-refractivity contribution in [1.29, 1.82) is 0 Å². The summed E-state index contributed by atoms with van der Waals surface area (Å²) in [5.41, 5.74) is 1.61. The lowest BCUT2D eigenvalue weighted by molar-refractivity contribution is -0.121. The third-order valence-electron chi connectivity index (χ3n) is 4.69. The number of fused-ring (bicyclic) bond motifs is 1. The average molecular weight is 454 g/mol. The van der Waals surface area contributed by atoms with Crippen molar-refractivity contribution in [2.24, 2.45) is 0 Å². The van der Waals surface area contributed by atoms with Gasteiger partial charge in [-0.3, -0.25) is 14.4 Å². The zero-order valence-electron chi connectivity index (χ0n) is 17.1. The van der Waals surface area contributed by atoms with E-state index in [0.29, 0.717) is 27.9 Å². The number of hydrogen-bond donors (Lipinski definition) is 2. The molecule has 0 saturated carbocycles. The van der Waals surface area contributed by atoms with Gasteiger partial charge in [0, 0.05) is 36.5 Å². The molecule has 0 radical (unpaired) electrons. The molecule has 0 unspecified atom stereocenters. The highest BCUT2D eigenvalue weighted by molar-refractivity contribution is 7.14. The second kappa shape index (κ2) is 9.15. The molecule has 0 fully saturated rings. The van der Waals surface area contributed by atoms with E-state index in [9.17, 15) is 18.8 Å². The second-order valence-corrected chi connectivity index (χ2v) is 7.87. The van der Waals surface area contributed by atoms with Crippen LogP contribution in [0.4, 0.5) is 20.9 Å². The van der Waals surface area contributed by atoms with E-state index in [4.69, 9.17) is 4.74 Å². The van der Waals surface area contributed by atoms with E-state index in [-0.39, 0.29) is 42.9 Å². The molecule has 10 heteroatoms. The highest BCUT2D eigenvalue weighted by atomic mass is 32.1. The number of carbonyl (C=O) groups is 3. The van der Waals surface area contributed by atoms with Crippen molar-refractivity contribution < 1.29 is 23.5 Å². The van der Waals surface area contributed by atoms with E-state index in [1.165, 1.54) is 35.3 Å². The Morgan fingerprint density at radius 3 is 2.81 bits per heavy atom. The van der Waals surface area contributed by atoms with Crippen molar-refractivity contribution >= 4 is 45.6 Å². The Morgan fingerprint density at radius 2 is 2.03 bits per heavy atom. The molecule has 4 rings (SSSR count). The quantitative estimate of drug-likeness (QED) is 0.592. The van der Waals surface area contributed by atoms with E-state index in [1.807, 2.05) is 6.07 Å². The molecule has 32 heavy (non-hydrogen) atoms. The number of anilines is 3. The highest BCUT2D eigenvalue weighted by Gasteiger charge is 2.25. The van der Waals surface area contributed by atoms with Crippen LogP contribution in [0.2, 0.25) is 0 Å². The molecule has 2 heterocycles. The average Bonchev–Trinajstić information content (AvgIpc) is 3.20. The normalized spacial score (nSPS) is 12.7. The minimum atomic E-state index is -0.538. The van der Waals surface area contributed by atoms with Crippen molar-refractivity contribution in [3.8, 4) is 17.0 Å². The number of hydrogen-bond acceptors (Lipinski definition) is 6. The van der Waals surface area contributed by atoms with Gasteiger partial charge in [-0.05, 0) is 30.3 Å². The Balaban J connectivity index is 1.38. The van der Waals surface area contributed by atoms with Gasteiger partial charge in [0.2, 0.25) is 11.8 Å². The lowest BCUT2D eigenvalue weighted by atomic mass is 10.1. The van der Waals surface area contributed by atoms with Crippen LogP contribution in [0.5, 0.6) is 5.75 Å². The van der Waals surface area contributed by atoms with Crippen molar-refractivity contribution in [2.45, 2.75) is 13.3 Å². The summed E-state index contributed by atoms with van der Waals surface area (Å²) in [6, 6.07) is 11.5. The summed E-state index contributed by atoms with van der Waals surface area (Å²) in [7, 11) is 0. The van der Waals surface area contributed by atoms with Gasteiger partial charge in [-0.1, -0.05) is 12.1 Å². The first-order chi connectivity index (χ1) is 15.4. The first-order valence-electron chi connectivity index (χ1n) is 9.76. The number of halogens is 1. The summed E-state index contributed by atoms with van der Waals surface area (Å²) in [5, 5.41) is 7.16. The number of carbonyl (C=O) groups excluding carboxylic acids is 3. The fraction of sp³-hybridized carbons (Fsp3) is 0.182. The number of nitrogens with one attached hydrogen (secondary N) is 2. The molecular formula is C22H19FN4O4S. The van der Waals surface area contributed by atoms with Crippen molar-refractivity contribution in [3.63, 3.8) is 0 Å². The predicted molar refractivity (Wildman–Crippen MR) is 119 cm³/mol. The van der Waals surface area contributed by atoms with Crippen molar-refractivity contribution in [2.75, 3.05) is 28.7 Å². The van der Waals surface area contributed by atoms with Crippen LogP contribution in [0.3, 0.4) is 0 Å². The zero-order valence-corrected chi connectivity index (χ0v) is 17.9. The van der Waals surface area contributed by atoms with Crippen LogP contribution in [-0.2, 0) is 14.4 Å². The van der Waals surface area contributed by atoms with Gasteiger partial charge < -0.3 is 20.3 Å². The van der Waals surface area contributed by atoms with Gasteiger partial charge in [-0.2, -0.15) is 0 Å². The van der Waals surface area contributed by atoms with Gasteiger partial charge in [0.25, 0.3) is 5.91 Å². The van der Waals surface area contributed by atoms with Crippen LogP contribution in [-0.4, -0.2) is 35.9 Å². The number of para-hydroxylation sites is 2. The van der Waals surface area contributed by atoms with E-state index in [2.05, 4.69) is 15.6 Å². The molecule has 1 aliphatic rings. The number of ether oxygens (including phenoxy) is 1. The number of amides is 3. The second-order valence-electron chi connectivity index (χ2n) is 7.01. The molecule has 1 aliphatic heterocycles. The molecule has 1 aromatic heterocycles. The maximum atomic E-state index is 14.4. The topological polar surface area (TPSA) is 101 Å². The molecule has 0 spiro atoms. The number of thiazole rings is 1. The molecule has 3 aromatic rings. The molecule has 8 nitrogen and oxygen atoms in total.